The highest BCUT2D eigenvalue weighted by Crippen LogP contribution is 2.24. The Kier molecular flexibility index (Phi) is 11.2. The van der Waals surface area contributed by atoms with E-state index in [-0.39, 0.29) is 24.8 Å². The fraction of sp³-hybridized carbons (Fsp3) is 0.429. The molecule has 3 rings (SSSR count). The van der Waals surface area contributed by atoms with Crippen LogP contribution in [0.1, 0.15) is 23.1 Å². The van der Waals surface area contributed by atoms with Gasteiger partial charge in [-0.05, 0) is 36.7 Å². The molecule has 0 atom stereocenters. The molecule has 1 fully saturated rings. The Labute approximate surface area is 173 Å². The largest absolute Gasteiger partial charge is 0.304 e. The molecule has 0 N–H and O–H groups in total. The minimum Gasteiger partial charge on any atom is -0.304 e. The zero-order chi connectivity index (χ0) is 16.6. The van der Waals surface area contributed by atoms with Gasteiger partial charge in [0.25, 0.3) is 0 Å². The van der Waals surface area contributed by atoms with Gasteiger partial charge in [0, 0.05) is 26.2 Å². The van der Waals surface area contributed by atoms with Crippen LogP contribution in [0.4, 0.5) is 0 Å². The summed E-state index contributed by atoms with van der Waals surface area (Å²) >= 11 is 0. The van der Waals surface area contributed by atoms with Gasteiger partial charge >= 0.3 is 0 Å². The van der Waals surface area contributed by atoms with E-state index in [0.717, 1.165) is 9.52 Å². The Balaban J connectivity index is 0.00000169. The monoisotopic (exact) mass is 408 g/mol. The summed E-state index contributed by atoms with van der Waals surface area (Å²) in [5, 5.41) is 0. The lowest BCUT2D eigenvalue weighted by atomic mass is 10.0. The summed E-state index contributed by atoms with van der Waals surface area (Å²) in [6.45, 7) is 6.18. The van der Waals surface area contributed by atoms with E-state index < -0.39 is 0 Å². The zero-order valence-electron chi connectivity index (χ0n) is 15.5. The Morgan fingerprint density at radius 3 is 1.81 bits per heavy atom. The van der Waals surface area contributed by atoms with E-state index in [1.807, 2.05) is 0 Å². The van der Waals surface area contributed by atoms with Gasteiger partial charge < -0.3 is 9.80 Å². The van der Waals surface area contributed by atoms with Crippen molar-refractivity contribution in [3.8, 4) is 0 Å². The number of hydrogen-bond acceptors (Lipinski definition) is 2. The van der Waals surface area contributed by atoms with Crippen molar-refractivity contribution in [3.63, 3.8) is 0 Å². The van der Waals surface area contributed by atoms with Gasteiger partial charge in [-0.15, -0.1) is 24.8 Å². The third-order valence-corrected chi connectivity index (χ3v) is 6.58. The van der Waals surface area contributed by atoms with Gasteiger partial charge in [0.15, 0.2) is 0 Å². The summed E-state index contributed by atoms with van der Waals surface area (Å²) in [7, 11) is 3.18. The third kappa shape index (κ3) is 7.05. The van der Waals surface area contributed by atoms with Crippen LogP contribution < -0.4 is 0 Å². The van der Waals surface area contributed by atoms with Crippen LogP contribution in [0.2, 0.25) is 6.04 Å². The summed E-state index contributed by atoms with van der Waals surface area (Å²) < 4.78 is 0. The van der Waals surface area contributed by atoms with E-state index in [1.54, 1.807) is 0 Å². The Hall–Kier alpha value is -0.843. The second-order valence-corrected chi connectivity index (χ2v) is 8.19. The zero-order valence-corrected chi connectivity index (χ0v) is 18.1. The molecule has 0 amide bonds. The highest BCUT2D eigenvalue weighted by atomic mass is 35.5. The minimum absolute atomic E-state index is 0. The molecule has 2 aromatic carbocycles. The Morgan fingerprint density at radius 2 is 1.31 bits per heavy atom. The van der Waals surface area contributed by atoms with Crippen molar-refractivity contribution in [3.05, 3.63) is 71.8 Å². The molecule has 0 spiro atoms. The summed E-state index contributed by atoms with van der Waals surface area (Å²) in [4.78, 5) is 5.06. The normalized spacial score (nSPS) is 15.3. The number of nitrogens with zero attached hydrogens (tertiary/aromatic N) is 2. The first-order chi connectivity index (χ1) is 11.8. The van der Waals surface area contributed by atoms with Gasteiger partial charge in [0.05, 0.1) is 9.52 Å². The van der Waals surface area contributed by atoms with Crippen molar-refractivity contribution in [1.29, 1.82) is 0 Å². The first-order valence-corrected chi connectivity index (χ1v) is 10.4. The van der Waals surface area contributed by atoms with E-state index in [1.165, 1.54) is 56.3 Å². The Morgan fingerprint density at radius 1 is 0.808 bits per heavy atom. The molecular weight excluding hydrogens is 379 g/mol. The van der Waals surface area contributed by atoms with Crippen molar-refractivity contribution < 1.29 is 0 Å². The predicted octanol–water partition coefficient (Wildman–Crippen LogP) is 4.38. The van der Waals surface area contributed by atoms with Crippen LogP contribution in [-0.4, -0.2) is 59.1 Å². The first-order valence-electron chi connectivity index (χ1n) is 9.07. The van der Waals surface area contributed by atoms with E-state index >= 15 is 0 Å². The molecular formula is C21H30Cl2N2Si. The van der Waals surface area contributed by atoms with Crippen molar-refractivity contribution >= 4 is 34.3 Å². The van der Waals surface area contributed by atoms with Gasteiger partial charge in [0.1, 0.15) is 0 Å². The molecule has 142 valence electrons. The van der Waals surface area contributed by atoms with Gasteiger partial charge in [-0.1, -0.05) is 66.7 Å². The standard InChI is InChI=1S/C21H28N2Si.2ClH/c1-22-14-16-23(17-15-22)13-8-18-24-21(19-9-4-2-5-10-19)20-11-6-3-7-12-20;;/h2-7,9-12,21H,8,13-18H2,1H3;2*1H. The van der Waals surface area contributed by atoms with E-state index in [9.17, 15) is 0 Å². The topological polar surface area (TPSA) is 6.48 Å². The average molecular weight is 409 g/mol. The van der Waals surface area contributed by atoms with Crippen molar-refractivity contribution in [2.24, 2.45) is 0 Å². The lowest BCUT2D eigenvalue weighted by molar-refractivity contribution is 0.154. The molecule has 2 aromatic rings. The third-order valence-electron chi connectivity index (χ3n) is 4.86. The summed E-state index contributed by atoms with van der Waals surface area (Å²) in [6, 6.07) is 23.3. The number of likely N-dealkylation sites (N-methyl/N-ethyl adjacent to an activating group) is 1. The van der Waals surface area contributed by atoms with E-state index in [2.05, 4.69) is 77.5 Å². The summed E-state index contributed by atoms with van der Waals surface area (Å²) in [5.74, 6) is 0. The van der Waals surface area contributed by atoms with Crippen LogP contribution in [0.15, 0.2) is 60.7 Å². The average Bonchev–Trinajstić information content (AvgIpc) is 2.65. The molecule has 1 aliphatic heterocycles. The maximum Gasteiger partial charge on any atom is 0.0535 e. The van der Waals surface area contributed by atoms with E-state index in [4.69, 9.17) is 0 Å². The molecule has 0 aromatic heterocycles. The van der Waals surface area contributed by atoms with Crippen LogP contribution in [0.5, 0.6) is 0 Å². The summed E-state index contributed by atoms with van der Waals surface area (Å²) in [6.07, 6.45) is 1.32. The molecule has 5 heteroatoms. The molecule has 0 bridgehead atoms. The number of rotatable bonds is 7. The molecule has 1 saturated heterocycles. The number of halogens is 2. The van der Waals surface area contributed by atoms with Crippen LogP contribution >= 0.6 is 24.8 Å². The fourth-order valence-electron chi connectivity index (χ4n) is 3.34. The van der Waals surface area contributed by atoms with Gasteiger partial charge in [0.2, 0.25) is 0 Å². The van der Waals surface area contributed by atoms with Crippen LogP contribution in [0.3, 0.4) is 0 Å². The number of hydrogen-bond donors (Lipinski definition) is 0. The van der Waals surface area contributed by atoms with Crippen LogP contribution in [0.25, 0.3) is 0 Å². The van der Waals surface area contributed by atoms with Crippen molar-refractivity contribution in [2.75, 3.05) is 39.8 Å². The molecule has 0 saturated carbocycles. The highest BCUT2D eigenvalue weighted by Gasteiger charge is 2.16. The SMILES string of the molecule is CN1CCN(CCC[Si]C(c2ccccc2)c2ccccc2)CC1.Cl.Cl. The highest BCUT2D eigenvalue weighted by molar-refractivity contribution is 6.39. The molecule has 2 radical (unpaired) electrons. The molecule has 2 nitrogen and oxygen atoms in total. The second-order valence-electron chi connectivity index (χ2n) is 6.71. The van der Waals surface area contributed by atoms with Crippen molar-refractivity contribution in [1.82, 2.24) is 9.80 Å². The van der Waals surface area contributed by atoms with Gasteiger partial charge in [-0.2, -0.15) is 0 Å². The molecule has 26 heavy (non-hydrogen) atoms. The summed E-state index contributed by atoms with van der Waals surface area (Å²) in [5.41, 5.74) is 3.48. The van der Waals surface area contributed by atoms with Crippen molar-refractivity contribution in [2.45, 2.75) is 18.0 Å². The van der Waals surface area contributed by atoms with Crippen LogP contribution in [-0.2, 0) is 0 Å². The van der Waals surface area contributed by atoms with Crippen LogP contribution in [0, 0.1) is 0 Å². The second kappa shape index (κ2) is 12.5. The minimum atomic E-state index is 0. The number of benzene rings is 2. The smallest absolute Gasteiger partial charge is 0.0535 e. The molecule has 1 aliphatic rings. The maximum atomic E-state index is 2.63. The fourth-order valence-corrected chi connectivity index (χ4v) is 4.85. The maximum absolute atomic E-state index is 2.63. The molecule has 1 heterocycles. The first kappa shape index (κ1) is 23.2. The molecule has 0 unspecified atom stereocenters. The lowest BCUT2D eigenvalue weighted by Gasteiger charge is -2.32. The number of piperazine rings is 1. The lowest BCUT2D eigenvalue weighted by Crippen LogP contribution is -2.44. The van der Waals surface area contributed by atoms with Gasteiger partial charge in [-0.25, -0.2) is 0 Å². The predicted molar refractivity (Wildman–Crippen MR) is 118 cm³/mol. The van der Waals surface area contributed by atoms with Gasteiger partial charge in [-0.3, -0.25) is 0 Å². The van der Waals surface area contributed by atoms with E-state index in [0.29, 0.717) is 5.54 Å². The quantitative estimate of drug-likeness (QED) is 0.495. The molecule has 0 aliphatic carbocycles. The Bertz CT molecular complexity index is 550.